The number of methoxy groups -OCH3 is 1. The number of rotatable bonds is 3. The Hall–Kier alpha value is -2.61. The van der Waals surface area contributed by atoms with E-state index in [0.717, 1.165) is 0 Å². The third kappa shape index (κ3) is 2.48. The highest BCUT2D eigenvalue weighted by molar-refractivity contribution is 5.79. The summed E-state index contributed by atoms with van der Waals surface area (Å²) in [5.74, 6) is -0.0720. The van der Waals surface area contributed by atoms with Gasteiger partial charge < -0.3 is 19.0 Å². The second-order valence-corrected chi connectivity index (χ2v) is 9.97. The van der Waals surface area contributed by atoms with E-state index in [9.17, 15) is 5.11 Å². The standard InChI is InChI=1S/C24H27NO6/c1-21(2,3)24-22(4,5)13-28-23(24,30-31-24)14-7-9-16(18(26)11-14)20-25-17-10-8-15(27-6)12-19(17)29-20/h7-12,26H,13H2,1-6H3. The van der Waals surface area contributed by atoms with Crippen LogP contribution in [-0.2, 0) is 20.3 Å². The molecular weight excluding hydrogens is 398 g/mol. The van der Waals surface area contributed by atoms with E-state index in [1.807, 2.05) is 18.2 Å². The molecule has 7 heteroatoms. The molecule has 5 rings (SSSR count). The van der Waals surface area contributed by atoms with Crippen LogP contribution in [-0.4, -0.2) is 29.4 Å². The lowest BCUT2D eigenvalue weighted by Gasteiger charge is -2.61. The number of oxazole rings is 1. The van der Waals surface area contributed by atoms with Gasteiger partial charge in [0.05, 0.1) is 19.3 Å². The highest BCUT2D eigenvalue weighted by Crippen LogP contribution is 2.69. The van der Waals surface area contributed by atoms with Crippen molar-refractivity contribution in [3.05, 3.63) is 42.0 Å². The van der Waals surface area contributed by atoms with E-state index in [2.05, 4.69) is 39.6 Å². The van der Waals surface area contributed by atoms with Crippen molar-refractivity contribution in [3.8, 4) is 23.0 Å². The Labute approximate surface area is 180 Å². The lowest BCUT2D eigenvalue weighted by atomic mass is 9.57. The SMILES string of the molecule is COc1ccc2nc(-c3ccc(C45OCC(C)(C)C4(C(C)(C)C)OO5)cc3O)oc2c1. The smallest absolute Gasteiger partial charge is 0.261 e. The fraction of sp³-hybridized carbons (Fsp3) is 0.458. The van der Waals surface area contributed by atoms with Crippen molar-refractivity contribution in [2.24, 2.45) is 10.8 Å². The fourth-order valence-electron chi connectivity index (χ4n) is 5.30. The summed E-state index contributed by atoms with van der Waals surface area (Å²) in [7, 11) is 1.60. The predicted octanol–water partition coefficient (Wildman–Crippen LogP) is 5.16. The minimum atomic E-state index is -1.10. The number of benzene rings is 2. The number of fused-ring (bicyclic) bond motifs is 2. The normalized spacial score (nSPS) is 27.2. The summed E-state index contributed by atoms with van der Waals surface area (Å²) in [5.41, 5.74) is 1.15. The minimum absolute atomic E-state index is 0.0250. The van der Waals surface area contributed by atoms with Gasteiger partial charge in [-0.05, 0) is 24.3 Å². The van der Waals surface area contributed by atoms with Crippen molar-refractivity contribution < 1.29 is 28.8 Å². The maximum absolute atomic E-state index is 10.9. The molecule has 3 aromatic rings. The molecule has 0 amide bonds. The van der Waals surface area contributed by atoms with Crippen LogP contribution in [0.1, 0.15) is 40.2 Å². The Morgan fingerprint density at radius 1 is 1.06 bits per heavy atom. The summed E-state index contributed by atoms with van der Waals surface area (Å²) in [5, 5.41) is 10.9. The number of nitrogens with zero attached hydrogens (tertiary/aromatic N) is 1. The van der Waals surface area contributed by atoms with Gasteiger partial charge in [-0.3, -0.25) is 0 Å². The molecule has 0 saturated carbocycles. The van der Waals surface area contributed by atoms with Crippen LogP contribution in [0, 0.1) is 10.8 Å². The molecule has 0 radical (unpaired) electrons. The van der Waals surface area contributed by atoms with Crippen LogP contribution in [0.3, 0.4) is 0 Å². The highest BCUT2D eigenvalue weighted by Gasteiger charge is 2.81. The van der Waals surface area contributed by atoms with Crippen molar-refractivity contribution >= 4 is 11.1 Å². The van der Waals surface area contributed by atoms with Crippen LogP contribution >= 0.6 is 0 Å². The van der Waals surface area contributed by atoms with Gasteiger partial charge in [0.25, 0.3) is 5.79 Å². The van der Waals surface area contributed by atoms with E-state index in [1.165, 1.54) is 0 Å². The molecule has 2 saturated heterocycles. The molecule has 0 bridgehead atoms. The highest BCUT2D eigenvalue weighted by atomic mass is 17.3. The van der Waals surface area contributed by atoms with Gasteiger partial charge >= 0.3 is 0 Å². The molecular formula is C24H27NO6. The van der Waals surface area contributed by atoms with Crippen LogP contribution in [0.2, 0.25) is 0 Å². The third-order valence-corrected chi connectivity index (χ3v) is 6.60. The lowest BCUT2D eigenvalue weighted by molar-refractivity contribution is -0.626. The van der Waals surface area contributed by atoms with Crippen molar-refractivity contribution in [3.63, 3.8) is 0 Å². The van der Waals surface area contributed by atoms with Crippen LogP contribution in [0.25, 0.3) is 22.6 Å². The van der Waals surface area contributed by atoms with Crippen LogP contribution < -0.4 is 4.74 Å². The summed E-state index contributed by atoms with van der Waals surface area (Å²) in [6.45, 7) is 11.0. The zero-order chi connectivity index (χ0) is 22.2. The van der Waals surface area contributed by atoms with Gasteiger partial charge in [0.1, 0.15) is 17.0 Å². The number of phenols is 1. The van der Waals surface area contributed by atoms with E-state index >= 15 is 0 Å². The lowest BCUT2D eigenvalue weighted by Crippen LogP contribution is -2.72. The van der Waals surface area contributed by atoms with E-state index in [-0.39, 0.29) is 16.6 Å². The molecule has 2 unspecified atom stereocenters. The topological polar surface area (TPSA) is 83.2 Å². The number of ether oxygens (including phenoxy) is 2. The number of aromatic hydroxyl groups is 1. The second-order valence-electron chi connectivity index (χ2n) is 9.97. The molecule has 3 heterocycles. The van der Waals surface area contributed by atoms with Crippen molar-refractivity contribution in [1.29, 1.82) is 0 Å². The number of phenolic OH excluding ortho intramolecular Hbond substituents is 1. The second kappa shape index (κ2) is 6.22. The van der Waals surface area contributed by atoms with Gasteiger partial charge in [0.2, 0.25) is 5.89 Å². The van der Waals surface area contributed by atoms with Crippen LogP contribution in [0.15, 0.2) is 40.8 Å². The monoisotopic (exact) mass is 425 g/mol. The quantitative estimate of drug-likeness (QED) is 0.580. The number of aromatic nitrogens is 1. The Morgan fingerprint density at radius 3 is 2.45 bits per heavy atom. The Kier molecular flexibility index (Phi) is 4.07. The average Bonchev–Trinajstić information content (AvgIpc) is 3.15. The van der Waals surface area contributed by atoms with E-state index in [1.54, 1.807) is 25.3 Å². The first-order valence-electron chi connectivity index (χ1n) is 10.3. The summed E-state index contributed by atoms with van der Waals surface area (Å²) in [6, 6.07) is 10.7. The maximum atomic E-state index is 10.9. The number of hydrogen-bond acceptors (Lipinski definition) is 7. The predicted molar refractivity (Wildman–Crippen MR) is 113 cm³/mol. The molecule has 2 atom stereocenters. The molecule has 2 aliphatic rings. The molecule has 2 aromatic carbocycles. The van der Waals surface area contributed by atoms with E-state index < -0.39 is 11.4 Å². The zero-order valence-corrected chi connectivity index (χ0v) is 18.6. The summed E-state index contributed by atoms with van der Waals surface area (Å²) in [4.78, 5) is 16.0. The van der Waals surface area contributed by atoms with Crippen molar-refractivity contribution in [2.45, 2.75) is 46.0 Å². The summed E-state index contributed by atoms with van der Waals surface area (Å²) < 4.78 is 17.3. The maximum Gasteiger partial charge on any atom is 0.261 e. The molecule has 2 fully saturated rings. The first-order chi connectivity index (χ1) is 14.5. The van der Waals surface area contributed by atoms with E-state index in [0.29, 0.717) is 40.5 Å². The molecule has 1 N–H and O–H groups in total. The van der Waals surface area contributed by atoms with Gasteiger partial charge in [0.15, 0.2) is 11.2 Å². The van der Waals surface area contributed by atoms with Crippen LogP contribution in [0.5, 0.6) is 11.5 Å². The molecule has 164 valence electrons. The van der Waals surface area contributed by atoms with Gasteiger partial charge in [-0.2, -0.15) is 4.89 Å². The zero-order valence-electron chi connectivity index (χ0n) is 18.6. The largest absolute Gasteiger partial charge is 0.507 e. The Morgan fingerprint density at radius 2 is 1.84 bits per heavy atom. The molecule has 7 nitrogen and oxygen atoms in total. The van der Waals surface area contributed by atoms with E-state index in [4.69, 9.17) is 23.7 Å². The van der Waals surface area contributed by atoms with Crippen molar-refractivity contribution in [2.75, 3.05) is 13.7 Å². The van der Waals surface area contributed by atoms with Gasteiger partial charge in [-0.25, -0.2) is 9.87 Å². The van der Waals surface area contributed by atoms with Gasteiger partial charge in [-0.1, -0.05) is 40.7 Å². The molecule has 0 spiro atoms. The summed E-state index contributed by atoms with van der Waals surface area (Å²) >= 11 is 0. The van der Waals surface area contributed by atoms with Gasteiger partial charge in [-0.15, -0.1) is 0 Å². The Balaban J connectivity index is 1.58. The first-order valence-corrected chi connectivity index (χ1v) is 10.3. The number of hydrogen-bond donors (Lipinski definition) is 1. The molecule has 0 aliphatic carbocycles. The minimum Gasteiger partial charge on any atom is -0.507 e. The average molecular weight is 425 g/mol. The Bertz CT molecular complexity index is 1180. The van der Waals surface area contributed by atoms with Crippen LogP contribution in [0.4, 0.5) is 0 Å². The van der Waals surface area contributed by atoms with Crippen molar-refractivity contribution in [1.82, 2.24) is 4.98 Å². The summed E-state index contributed by atoms with van der Waals surface area (Å²) in [6.07, 6.45) is 0. The fourth-order valence-corrected chi connectivity index (χ4v) is 5.30. The third-order valence-electron chi connectivity index (χ3n) is 6.60. The molecule has 1 aromatic heterocycles. The molecule has 2 aliphatic heterocycles. The molecule has 31 heavy (non-hydrogen) atoms. The van der Waals surface area contributed by atoms with Gasteiger partial charge in [0, 0.05) is 22.5 Å². The first kappa shape index (κ1) is 20.3.